The number of nitrogens with one attached hydrogen (secondary N) is 1. The van der Waals surface area contributed by atoms with E-state index in [1.54, 1.807) is 12.4 Å². The minimum Gasteiger partial charge on any atom is -0.487 e. The molecule has 2 rings (SSSR count). The molecule has 9 heavy (non-hydrogen) atoms. The zero-order valence-electron chi connectivity index (χ0n) is 5.00. The van der Waals surface area contributed by atoms with Gasteiger partial charge < -0.3 is 4.74 Å². The Morgan fingerprint density at radius 2 is 2.56 bits per heavy atom. The minimum atomic E-state index is 0.475. The molecule has 1 saturated carbocycles. The fraction of sp³-hybridized carbons (Fsp3) is 0.500. The van der Waals surface area contributed by atoms with E-state index in [0.29, 0.717) is 6.10 Å². The van der Waals surface area contributed by atoms with Crippen molar-refractivity contribution in [3.05, 3.63) is 12.4 Å². The molecule has 1 aliphatic carbocycles. The number of hydrogen-bond acceptors (Lipinski definition) is 2. The molecule has 3 heteroatoms. The van der Waals surface area contributed by atoms with Crippen LogP contribution in [0.1, 0.15) is 12.8 Å². The van der Waals surface area contributed by atoms with Gasteiger partial charge in [0.05, 0.1) is 18.5 Å². The van der Waals surface area contributed by atoms with E-state index in [1.807, 2.05) is 0 Å². The molecular weight excluding hydrogens is 116 g/mol. The van der Waals surface area contributed by atoms with Gasteiger partial charge in [-0.2, -0.15) is 5.10 Å². The first-order valence-electron chi connectivity index (χ1n) is 3.10. The zero-order valence-corrected chi connectivity index (χ0v) is 5.00. The fourth-order valence-electron chi connectivity index (χ4n) is 0.682. The summed E-state index contributed by atoms with van der Waals surface area (Å²) in [4.78, 5) is 0. The Labute approximate surface area is 53.0 Å². The molecule has 0 spiro atoms. The molecule has 0 aromatic carbocycles. The van der Waals surface area contributed by atoms with Crippen molar-refractivity contribution < 1.29 is 4.74 Å². The Balaban J connectivity index is 1.99. The van der Waals surface area contributed by atoms with Crippen molar-refractivity contribution in [3.8, 4) is 5.75 Å². The average molecular weight is 124 g/mol. The van der Waals surface area contributed by atoms with E-state index in [9.17, 15) is 0 Å². The Morgan fingerprint density at radius 1 is 1.67 bits per heavy atom. The van der Waals surface area contributed by atoms with E-state index in [-0.39, 0.29) is 0 Å². The predicted octanol–water partition coefficient (Wildman–Crippen LogP) is 0.951. The highest BCUT2D eigenvalue weighted by atomic mass is 16.5. The smallest absolute Gasteiger partial charge is 0.157 e. The zero-order chi connectivity index (χ0) is 6.10. The molecule has 0 saturated heterocycles. The maximum absolute atomic E-state index is 5.37. The third-order valence-electron chi connectivity index (χ3n) is 1.30. The summed E-state index contributed by atoms with van der Waals surface area (Å²) >= 11 is 0. The van der Waals surface area contributed by atoms with Gasteiger partial charge in [0.1, 0.15) is 0 Å². The highest BCUT2D eigenvalue weighted by Crippen LogP contribution is 2.25. The van der Waals surface area contributed by atoms with Gasteiger partial charge in [0.15, 0.2) is 5.75 Å². The first kappa shape index (κ1) is 4.85. The van der Waals surface area contributed by atoms with Gasteiger partial charge in [-0.1, -0.05) is 0 Å². The summed E-state index contributed by atoms with van der Waals surface area (Å²) < 4.78 is 5.37. The number of aromatic amines is 1. The van der Waals surface area contributed by atoms with E-state index in [4.69, 9.17) is 4.74 Å². The van der Waals surface area contributed by atoms with Crippen LogP contribution >= 0.6 is 0 Å². The number of H-pyrrole nitrogens is 1. The van der Waals surface area contributed by atoms with E-state index in [2.05, 4.69) is 10.2 Å². The maximum Gasteiger partial charge on any atom is 0.157 e. The topological polar surface area (TPSA) is 37.9 Å². The highest BCUT2D eigenvalue weighted by Gasteiger charge is 2.23. The van der Waals surface area contributed by atoms with Crippen molar-refractivity contribution in [2.45, 2.75) is 18.9 Å². The molecule has 0 aliphatic heterocycles. The van der Waals surface area contributed by atoms with Gasteiger partial charge in [-0.05, 0) is 12.8 Å². The number of nitrogens with zero attached hydrogens (tertiary/aromatic N) is 1. The van der Waals surface area contributed by atoms with Gasteiger partial charge >= 0.3 is 0 Å². The van der Waals surface area contributed by atoms with Crippen LogP contribution in [0.15, 0.2) is 12.4 Å². The lowest BCUT2D eigenvalue weighted by molar-refractivity contribution is 0.303. The number of rotatable bonds is 2. The third kappa shape index (κ3) is 1.04. The van der Waals surface area contributed by atoms with Crippen molar-refractivity contribution in [1.82, 2.24) is 10.2 Å². The largest absolute Gasteiger partial charge is 0.487 e. The van der Waals surface area contributed by atoms with Crippen LogP contribution in [0.5, 0.6) is 5.75 Å². The Hall–Kier alpha value is -0.990. The van der Waals surface area contributed by atoms with Crippen molar-refractivity contribution in [3.63, 3.8) is 0 Å². The van der Waals surface area contributed by atoms with Crippen LogP contribution in [0.25, 0.3) is 0 Å². The molecule has 1 fully saturated rings. The second kappa shape index (κ2) is 1.76. The number of hydrogen-bond donors (Lipinski definition) is 1. The average Bonchev–Trinajstić information content (AvgIpc) is 2.46. The molecule has 1 aromatic heterocycles. The van der Waals surface area contributed by atoms with Crippen molar-refractivity contribution >= 4 is 0 Å². The molecular formula is C6H8N2O. The normalized spacial score (nSPS) is 17.8. The van der Waals surface area contributed by atoms with E-state index in [0.717, 1.165) is 5.75 Å². The maximum atomic E-state index is 5.37. The SMILES string of the molecule is c1n[nH]cc1OC1CC1. The molecule has 3 nitrogen and oxygen atoms in total. The van der Waals surface area contributed by atoms with E-state index < -0.39 is 0 Å². The van der Waals surface area contributed by atoms with Crippen LogP contribution in [0.4, 0.5) is 0 Å². The first-order chi connectivity index (χ1) is 4.45. The lowest BCUT2D eigenvalue weighted by Gasteiger charge is -1.95. The van der Waals surface area contributed by atoms with Crippen molar-refractivity contribution in [1.29, 1.82) is 0 Å². The Kier molecular flexibility index (Phi) is 0.946. The molecule has 1 aromatic rings. The quantitative estimate of drug-likeness (QED) is 0.637. The summed E-state index contributed by atoms with van der Waals surface area (Å²) in [5.41, 5.74) is 0. The highest BCUT2D eigenvalue weighted by molar-refractivity contribution is 5.11. The van der Waals surface area contributed by atoms with Crippen molar-refractivity contribution in [2.24, 2.45) is 0 Å². The van der Waals surface area contributed by atoms with E-state index >= 15 is 0 Å². The van der Waals surface area contributed by atoms with Crippen molar-refractivity contribution in [2.75, 3.05) is 0 Å². The predicted molar refractivity (Wildman–Crippen MR) is 32.2 cm³/mol. The van der Waals surface area contributed by atoms with Gasteiger partial charge in [0, 0.05) is 0 Å². The van der Waals surface area contributed by atoms with Crippen LogP contribution in [-0.4, -0.2) is 16.3 Å². The summed E-state index contributed by atoms with van der Waals surface area (Å²) in [7, 11) is 0. The van der Waals surface area contributed by atoms with Gasteiger partial charge in [-0.3, -0.25) is 5.10 Å². The van der Waals surface area contributed by atoms with Crippen LogP contribution in [-0.2, 0) is 0 Å². The number of aromatic nitrogens is 2. The van der Waals surface area contributed by atoms with Gasteiger partial charge in [-0.25, -0.2) is 0 Å². The second-order valence-electron chi connectivity index (χ2n) is 2.25. The van der Waals surface area contributed by atoms with Crippen LogP contribution in [0, 0.1) is 0 Å². The van der Waals surface area contributed by atoms with Crippen LogP contribution < -0.4 is 4.74 Å². The molecule has 1 heterocycles. The van der Waals surface area contributed by atoms with Gasteiger partial charge in [0.2, 0.25) is 0 Å². The molecule has 0 amide bonds. The van der Waals surface area contributed by atoms with Crippen LogP contribution in [0.2, 0.25) is 0 Å². The van der Waals surface area contributed by atoms with Gasteiger partial charge in [0.25, 0.3) is 0 Å². The first-order valence-corrected chi connectivity index (χ1v) is 3.10. The van der Waals surface area contributed by atoms with Gasteiger partial charge in [-0.15, -0.1) is 0 Å². The summed E-state index contributed by atoms with van der Waals surface area (Å²) in [6, 6.07) is 0. The Morgan fingerprint density at radius 3 is 3.11 bits per heavy atom. The Bertz CT molecular complexity index is 179. The molecule has 0 bridgehead atoms. The summed E-state index contributed by atoms with van der Waals surface area (Å²) in [6.07, 6.45) is 6.33. The molecule has 0 radical (unpaired) electrons. The van der Waals surface area contributed by atoms with Crippen LogP contribution in [0.3, 0.4) is 0 Å². The molecule has 0 atom stereocenters. The lowest BCUT2D eigenvalue weighted by atomic mass is 10.6. The second-order valence-corrected chi connectivity index (χ2v) is 2.25. The van der Waals surface area contributed by atoms with E-state index in [1.165, 1.54) is 12.8 Å². The summed E-state index contributed by atoms with van der Waals surface area (Å²) in [5, 5.41) is 6.44. The molecule has 48 valence electrons. The monoisotopic (exact) mass is 124 g/mol. The molecule has 0 unspecified atom stereocenters. The lowest BCUT2D eigenvalue weighted by Crippen LogP contribution is -1.93. The standard InChI is InChI=1S/C6H8N2O/c1-2-5(1)9-6-3-7-8-4-6/h3-5H,1-2H2,(H,7,8). The fourth-order valence-corrected chi connectivity index (χ4v) is 0.682. The summed E-state index contributed by atoms with van der Waals surface area (Å²) in [5.74, 6) is 0.859. The minimum absolute atomic E-state index is 0.475. The molecule has 1 N–H and O–H groups in total. The summed E-state index contributed by atoms with van der Waals surface area (Å²) in [6.45, 7) is 0. The number of ether oxygens (including phenoxy) is 1. The molecule has 1 aliphatic rings. The third-order valence-corrected chi connectivity index (χ3v) is 1.30.